The Bertz CT molecular complexity index is 531. The fourth-order valence-corrected chi connectivity index (χ4v) is 2.97. The normalized spacial score (nSPS) is 12.3. The van der Waals surface area contributed by atoms with Crippen LogP contribution in [0.3, 0.4) is 0 Å². The van der Waals surface area contributed by atoms with Gasteiger partial charge in [-0.05, 0) is 13.3 Å². The van der Waals surface area contributed by atoms with E-state index >= 15 is 0 Å². The standard InChI is InChI=1S/C20H33NO4/c1-3-4-5-6-7-8-9-10-11-12-17(23)20(25)18-16(14-22)13-21-15(2)19(18)24/h13,17,22-24H,3-12,14H2,1-2H3. The summed E-state index contributed by atoms with van der Waals surface area (Å²) in [5.74, 6) is -0.783. The van der Waals surface area contributed by atoms with Crippen LogP contribution in [-0.2, 0) is 6.61 Å². The lowest BCUT2D eigenvalue weighted by Crippen LogP contribution is -2.22. The molecule has 1 atom stereocenters. The van der Waals surface area contributed by atoms with Gasteiger partial charge in [-0.3, -0.25) is 9.78 Å². The molecule has 25 heavy (non-hydrogen) atoms. The molecule has 0 bridgehead atoms. The molecular weight excluding hydrogens is 318 g/mol. The zero-order valence-electron chi connectivity index (χ0n) is 15.6. The van der Waals surface area contributed by atoms with Crippen molar-refractivity contribution in [3.63, 3.8) is 0 Å². The van der Waals surface area contributed by atoms with Gasteiger partial charge in [0.1, 0.15) is 11.9 Å². The molecule has 3 N–H and O–H groups in total. The Morgan fingerprint density at radius 3 is 2.20 bits per heavy atom. The maximum atomic E-state index is 12.4. The van der Waals surface area contributed by atoms with E-state index in [9.17, 15) is 20.1 Å². The summed E-state index contributed by atoms with van der Waals surface area (Å²) in [4.78, 5) is 16.3. The minimum atomic E-state index is -1.15. The van der Waals surface area contributed by atoms with Gasteiger partial charge < -0.3 is 15.3 Å². The van der Waals surface area contributed by atoms with Gasteiger partial charge in [-0.15, -0.1) is 0 Å². The Morgan fingerprint density at radius 2 is 1.64 bits per heavy atom. The number of unbranched alkanes of at least 4 members (excludes halogenated alkanes) is 8. The van der Waals surface area contributed by atoms with Crippen molar-refractivity contribution in [2.24, 2.45) is 0 Å². The van der Waals surface area contributed by atoms with E-state index < -0.39 is 18.5 Å². The highest BCUT2D eigenvalue weighted by atomic mass is 16.3. The highest BCUT2D eigenvalue weighted by Crippen LogP contribution is 2.26. The predicted molar refractivity (Wildman–Crippen MR) is 98.7 cm³/mol. The number of hydrogen-bond donors (Lipinski definition) is 3. The van der Waals surface area contributed by atoms with E-state index in [2.05, 4.69) is 11.9 Å². The van der Waals surface area contributed by atoms with Gasteiger partial charge in [-0.2, -0.15) is 0 Å². The highest BCUT2D eigenvalue weighted by Gasteiger charge is 2.24. The maximum absolute atomic E-state index is 12.4. The molecule has 1 aromatic rings. The average Bonchev–Trinajstić information content (AvgIpc) is 2.61. The molecular formula is C20H33NO4. The Labute approximate surface area is 151 Å². The number of carbonyl (C=O) groups is 1. The van der Waals surface area contributed by atoms with Crippen molar-refractivity contribution in [3.8, 4) is 5.75 Å². The Balaban J connectivity index is 2.37. The number of ketones is 1. The summed E-state index contributed by atoms with van der Waals surface area (Å²) in [6.07, 6.45) is 11.1. The molecule has 0 amide bonds. The number of aromatic nitrogens is 1. The van der Waals surface area contributed by atoms with Crippen LogP contribution in [0.15, 0.2) is 6.20 Å². The lowest BCUT2D eigenvalue weighted by atomic mass is 9.96. The summed E-state index contributed by atoms with van der Waals surface area (Å²) < 4.78 is 0. The first-order valence-corrected chi connectivity index (χ1v) is 9.53. The molecule has 5 nitrogen and oxygen atoms in total. The third-order valence-corrected chi connectivity index (χ3v) is 4.62. The van der Waals surface area contributed by atoms with Crippen molar-refractivity contribution in [3.05, 3.63) is 23.0 Å². The van der Waals surface area contributed by atoms with Crippen molar-refractivity contribution in [1.29, 1.82) is 0 Å². The Morgan fingerprint density at radius 1 is 1.08 bits per heavy atom. The van der Waals surface area contributed by atoms with E-state index in [1.807, 2.05) is 0 Å². The number of carbonyl (C=O) groups excluding carboxylic acids is 1. The minimum absolute atomic E-state index is 0.00146. The van der Waals surface area contributed by atoms with Crippen molar-refractivity contribution < 1.29 is 20.1 Å². The average molecular weight is 351 g/mol. The van der Waals surface area contributed by atoms with Crippen molar-refractivity contribution in [1.82, 2.24) is 4.98 Å². The molecule has 0 aliphatic carbocycles. The van der Waals surface area contributed by atoms with Gasteiger partial charge in [0.2, 0.25) is 0 Å². The lowest BCUT2D eigenvalue weighted by Gasteiger charge is -2.14. The molecule has 1 aromatic heterocycles. The molecule has 0 fully saturated rings. The molecule has 1 rings (SSSR count). The molecule has 0 saturated heterocycles. The fourth-order valence-electron chi connectivity index (χ4n) is 2.97. The Kier molecular flexibility index (Phi) is 10.3. The molecule has 0 saturated carbocycles. The van der Waals surface area contributed by atoms with Crippen LogP contribution in [0.1, 0.15) is 92.7 Å². The number of Topliss-reactive ketones (excluding diaryl/α,β-unsaturated/α-hetero) is 1. The van der Waals surface area contributed by atoms with Gasteiger partial charge in [0, 0.05) is 11.8 Å². The first-order valence-electron chi connectivity index (χ1n) is 9.53. The number of nitrogens with zero attached hydrogens (tertiary/aromatic N) is 1. The quantitative estimate of drug-likeness (QED) is 0.368. The molecule has 0 spiro atoms. The van der Waals surface area contributed by atoms with Crippen LogP contribution in [0.2, 0.25) is 0 Å². The number of aromatic hydroxyl groups is 1. The number of aliphatic hydroxyl groups excluding tert-OH is 2. The molecule has 0 radical (unpaired) electrons. The van der Waals surface area contributed by atoms with Gasteiger partial charge in [0.05, 0.1) is 17.9 Å². The van der Waals surface area contributed by atoms with Crippen LogP contribution in [0.5, 0.6) is 5.75 Å². The smallest absolute Gasteiger partial charge is 0.195 e. The third-order valence-electron chi connectivity index (χ3n) is 4.62. The molecule has 0 aromatic carbocycles. The molecule has 0 aliphatic rings. The zero-order valence-corrected chi connectivity index (χ0v) is 15.6. The van der Waals surface area contributed by atoms with Crippen LogP contribution in [-0.4, -0.2) is 32.2 Å². The summed E-state index contributed by atoms with van der Waals surface area (Å²) in [6, 6.07) is 0. The monoisotopic (exact) mass is 351 g/mol. The first kappa shape index (κ1) is 21.6. The van der Waals surface area contributed by atoms with Crippen LogP contribution >= 0.6 is 0 Å². The Hall–Kier alpha value is -1.46. The van der Waals surface area contributed by atoms with E-state index in [4.69, 9.17) is 0 Å². The summed E-state index contributed by atoms with van der Waals surface area (Å²) in [7, 11) is 0. The van der Waals surface area contributed by atoms with Crippen LogP contribution in [0, 0.1) is 6.92 Å². The summed E-state index contributed by atoms with van der Waals surface area (Å²) in [6.45, 7) is 3.40. The summed E-state index contributed by atoms with van der Waals surface area (Å²) in [5.41, 5.74) is 0.563. The number of pyridine rings is 1. The lowest BCUT2D eigenvalue weighted by molar-refractivity contribution is 0.0718. The maximum Gasteiger partial charge on any atom is 0.195 e. The fraction of sp³-hybridized carbons (Fsp3) is 0.700. The second-order valence-electron chi connectivity index (χ2n) is 6.75. The highest BCUT2D eigenvalue weighted by molar-refractivity contribution is 6.03. The predicted octanol–water partition coefficient (Wildman–Crippen LogP) is 4.05. The zero-order chi connectivity index (χ0) is 18.7. The van der Waals surface area contributed by atoms with Gasteiger partial charge in [0.25, 0.3) is 0 Å². The van der Waals surface area contributed by atoms with Crippen LogP contribution in [0.25, 0.3) is 0 Å². The summed E-state index contributed by atoms with van der Waals surface area (Å²) >= 11 is 0. The van der Waals surface area contributed by atoms with Gasteiger partial charge in [-0.25, -0.2) is 0 Å². The number of hydrogen-bond acceptors (Lipinski definition) is 5. The molecule has 1 heterocycles. The van der Waals surface area contributed by atoms with E-state index in [1.54, 1.807) is 6.92 Å². The van der Waals surface area contributed by atoms with E-state index in [0.29, 0.717) is 12.1 Å². The number of aliphatic hydroxyl groups is 2. The van der Waals surface area contributed by atoms with E-state index in [-0.39, 0.29) is 16.9 Å². The SMILES string of the molecule is CCCCCCCCCCCC(O)C(=O)c1c(CO)cnc(C)c1O. The van der Waals surface area contributed by atoms with Gasteiger partial charge >= 0.3 is 0 Å². The van der Waals surface area contributed by atoms with Gasteiger partial charge in [-0.1, -0.05) is 64.7 Å². The number of aryl methyl sites for hydroxylation is 1. The van der Waals surface area contributed by atoms with Crippen LogP contribution in [0.4, 0.5) is 0 Å². The van der Waals surface area contributed by atoms with Crippen molar-refractivity contribution >= 4 is 5.78 Å². The summed E-state index contributed by atoms with van der Waals surface area (Å²) in [5, 5.41) is 29.5. The second kappa shape index (κ2) is 12.0. The molecule has 142 valence electrons. The number of rotatable bonds is 13. The van der Waals surface area contributed by atoms with Crippen LogP contribution < -0.4 is 0 Å². The molecule has 1 unspecified atom stereocenters. The van der Waals surface area contributed by atoms with Gasteiger partial charge in [0.15, 0.2) is 5.78 Å². The second-order valence-corrected chi connectivity index (χ2v) is 6.75. The van der Waals surface area contributed by atoms with Crippen molar-refractivity contribution in [2.75, 3.05) is 0 Å². The largest absolute Gasteiger partial charge is 0.505 e. The first-order chi connectivity index (χ1) is 12.0. The minimum Gasteiger partial charge on any atom is -0.505 e. The third kappa shape index (κ3) is 7.12. The van der Waals surface area contributed by atoms with E-state index in [0.717, 1.165) is 19.3 Å². The molecule has 5 heteroatoms. The van der Waals surface area contributed by atoms with Crippen molar-refractivity contribution in [2.45, 2.75) is 90.8 Å². The topological polar surface area (TPSA) is 90.7 Å². The van der Waals surface area contributed by atoms with E-state index in [1.165, 1.54) is 44.7 Å². The molecule has 0 aliphatic heterocycles.